The van der Waals surface area contributed by atoms with Crippen molar-refractivity contribution >= 4 is 33.8 Å². The number of nitrogens with zero attached hydrogens (tertiary/aromatic N) is 1. The molecule has 1 heterocycles. The van der Waals surface area contributed by atoms with Crippen molar-refractivity contribution in [3.63, 3.8) is 0 Å². The highest BCUT2D eigenvalue weighted by molar-refractivity contribution is 7.13. The number of aromatic nitrogens is 1. The molecule has 114 valence electrons. The van der Waals surface area contributed by atoms with Crippen molar-refractivity contribution < 1.29 is 0 Å². The van der Waals surface area contributed by atoms with E-state index in [1.807, 2.05) is 25.1 Å². The molecule has 21 heavy (non-hydrogen) atoms. The van der Waals surface area contributed by atoms with Gasteiger partial charge in [0, 0.05) is 28.6 Å². The van der Waals surface area contributed by atoms with Gasteiger partial charge in [-0.2, -0.15) is 0 Å². The molecule has 0 saturated carbocycles. The number of halogens is 1. The van der Waals surface area contributed by atoms with E-state index < -0.39 is 0 Å². The maximum Gasteiger partial charge on any atom is 0.187 e. The van der Waals surface area contributed by atoms with E-state index in [1.54, 1.807) is 11.3 Å². The van der Waals surface area contributed by atoms with Crippen molar-refractivity contribution in [2.75, 3.05) is 11.9 Å². The molecule has 2 aromatic rings. The van der Waals surface area contributed by atoms with E-state index in [9.17, 15) is 0 Å². The number of rotatable bonds is 7. The lowest BCUT2D eigenvalue weighted by atomic mass is 10.2. The fourth-order valence-electron chi connectivity index (χ4n) is 2.03. The smallest absolute Gasteiger partial charge is 0.187 e. The van der Waals surface area contributed by atoms with Crippen molar-refractivity contribution in [2.45, 2.75) is 39.7 Å². The van der Waals surface area contributed by atoms with Gasteiger partial charge in [0.1, 0.15) is 0 Å². The summed E-state index contributed by atoms with van der Waals surface area (Å²) in [6, 6.07) is 6.42. The van der Waals surface area contributed by atoms with E-state index in [-0.39, 0.29) is 0 Å². The van der Waals surface area contributed by atoms with Crippen molar-refractivity contribution in [3.05, 3.63) is 39.9 Å². The quantitative estimate of drug-likeness (QED) is 0.770. The fraction of sp³-hybridized carbons (Fsp3) is 0.438. The number of hydrogen-bond acceptors (Lipinski definition) is 4. The first kappa shape index (κ1) is 16.3. The fourth-order valence-corrected chi connectivity index (χ4v) is 2.95. The molecule has 3 nitrogen and oxygen atoms in total. The van der Waals surface area contributed by atoms with Gasteiger partial charge in [-0.05, 0) is 44.5 Å². The summed E-state index contributed by atoms with van der Waals surface area (Å²) in [6.45, 7) is 7.43. The van der Waals surface area contributed by atoms with Crippen molar-refractivity contribution in [3.8, 4) is 0 Å². The van der Waals surface area contributed by atoms with Gasteiger partial charge in [-0.3, -0.25) is 0 Å². The Labute approximate surface area is 135 Å². The Bertz CT molecular complexity index is 583. The van der Waals surface area contributed by atoms with E-state index in [2.05, 4.69) is 34.8 Å². The third-order valence-electron chi connectivity index (χ3n) is 3.23. The second kappa shape index (κ2) is 7.78. The molecule has 0 aliphatic heterocycles. The van der Waals surface area contributed by atoms with Crippen LogP contribution in [0.15, 0.2) is 23.6 Å². The van der Waals surface area contributed by atoms with Crippen LogP contribution in [0.25, 0.3) is 0 Å². The van der Waals surface area contributed by atoms with Gasteiger partial charge in [0.05, 0.1) is 5.69 Å². The first-order valence-electron chi connectivity index (χ1n) is 7.29. The Morgan fingerprint density at radius 3 is 2.90 bits per heavy atom. The molecule has 1 aromatic carbocycles. The first-order chi connectivity index (χ1) is 10.1. The zero-order valence-electron chi connectivity index (χ0n) is 12.7. The second-order valence-electron chi connectivity index (χ2n) is 5.29. The summed E-state index contributed by atoms with van der Waals surface area (Å²) in [5, 5.41) is 10.6. The largest absolute Gasteiger partial charge is 0.331 e. The van der Waals surface area contributed by atoms with Crippen LogP contribution in [-0.4, -0.2) is 17.6 Å². The molecule has 5 heteroatoms. The van der Waals surface area contributed by atoms with Gasteiger partial charge in [-0.1, -0.05) is 24.6 Å². The Morgan fingerprint density at radius 1 is 1.38 bits per heavy atom. The lowest BCUT2D eigenvalue weighted by Gasteiger charge is -2.11. The standard InChI is InChI=1S/C16H22ClN3S/c1-4-7-18-12(3)8-14-10-21-16(20-14)19-13-6-5-11(2)15(17)9-13/h5-6,9-10,12,18H,4,7-8H2,1-3H3,(H,19,20). The molecule has 0 radical (unpaired) electrons. The molecule has 2 rings (SSSR count). The topological polar surface area (TPSA) is 37.0 Å². The summed E-state index contributed by atoms with van der Waals surface area (Å²) in [4.78, 5) is 4.63. The summed E-state index contributed by atoms with van der Waals surface area (Å²) in [5.74, 6) is 0. The zero-order valence-corrected chi connectivity index (χ0v) is 14.3. The van der Waals surface area contributed by atoms with Crippen molar-refractivity contribution in [1.82, 2.24) is 10.3 Å². The summed E-state index contributed by atoms with van der Waals surface area (Å²) in [5.41, 5.74) is 3.18. The average Bonchev–Trinajstić information content (AvgIpc) is 2.88. The zero-order chi connectivity index (χ0) is 15.2. The number of benzene rings is 1. The SMILES string of the molecule is CCCNC(C)Cc1csc(Nc2ccc(C)c(Cl)c2)n1. The van der Waals surface area contributed by atoms with Gasteiger partial charge in [-0.15, -0.1) is 11.3 Å². The van der Waals surface area contributed by atoms with Crippen LogP contribution < -0.4 is 10.6 Å². The first-order valence-corrected chi connectivity index (χ1v) is 8.55. The predicted octanol–water partition coefficient (Wildman–Crippen LogP) is 4.78. The third kappa shape index (κ3) is 4.99. The highest BCUT2D eigenvalue weighted by atomic mass is 35.5. The lowest BCUT2D eigenvalue weighted by Crippen LogP contribution is -2.28. The van der Waals surface area contributed by atoms with Gasteiger partial charge >= 0.3 is 0 Å². The van der Waals surface area contributed by atoms with Crippen LogP contribution in [0.1, 0.15) is 31.5 Å². The molecule has 1 atom stereocenters. The molecule has 0 saturated heterocycles. The average molecular weight is 324 g/mol. The summed E-state index contributed by atoms with van der Waals surface area (Å²) in [7, 11) is 0. The van der Waals surface area contributed by atoms with E-state index in [4.69, 9.17) is 11.6 Å². The Kier molecular flexibility index (Phi) is 6.03. The number of thiazole rings is 1. The van der Waals surface area contributed by atoms with Crippen LogP contribution in [0.4, 0.5) is 10.8 Å². The molecule has 0 aliphatic rings. The van der Waals surface area contributed by atoms with Gasteiger partial charge in [-0.25, -0.2) is 4.98 Å². The van der Waals surface area contributed by atoms with E-state index in [1.165, 1.54) is 0 Å². The van der Waals surface area contributed by atoms with Crippen LogP contribution in [0.3, 0.4) is 0 Å². The monoisotopic (exact) mass is 323 g/mol. The number of aryl methyl sites for hydroxylation is 1. The predicted molar refractivity (Wildman–Crippen MR) is 93.0 cm³/mol. The van der Waals surface area contributed by atoms with E-state index >= 15 is 0 Å². The highest BCUT2D eigenvalue weighted by Crippen LogP contribution is 2.25. The molecule has 1 aromatic heterocycles. The molecule has 0 amide bonds. The second-order valence-corrected chi connectivity index (χ2v) is 6.56. The minimum absolute atomic E-state index is 0.453. The van der Waals surface area contributed by atoms with Crippen LogP contribution in [0.2, 0.25) is 5.02 Å². The summed E-state index contributed by atoms with van der Waals surface area (Å²) in [6.07, 6.45) is 2.11. The summed E-state index contributed by atoms with van der Waals surface area (Å²) >= 11 is 7.76. The van der Waals surface area contributed by atoms with Crippen LogP contribution >= 0.6 is 22.9 Å². The molecule has 1 unspecified atom stereocenters. The normalized spacial score (nSPS) is 12.4. The van der Waals surface area contributed by atoms with Crippen LogP contribution in [0.5, 0.6) is 0 Å². The molecule has 0 spiro atoms. The lowest BCUT2D eigenvalue weighted by molar-refractivity contribution is 0.540. The van der Waals surface area contributed by atoms with Gasteiger partial charge in [0.15, 0.2) is 5.13 Å². The Hall–Kier alpha value is -1.10. The maximum absolute atomic E-state index is 6.14. The van der Waals surface area contributed by atoms with E-state index in [0.717, 1.165) is 46.5 Å². The van der Waals surface area contributed by atoms with Crippen molar-refractivity contribution in [2.24, 2.45) is 0 Å². The molecule has 2 N–H and O–H groups in total. The van der Waals surface area contributed by atoms with Gasteiger partial charge in [0.2, 0.25) is 0 Å². The molecular weight excluding hydrogens is 302 g/mol. The molecule has 0 bridgehead atoms. The van der Waals surface area contributed by atoms with Gasteiger partial charge < -0.3 is 10.6 Å². The van der Waals surface area contributed by atoms with E-state index in [0.29, 0.717) is 6.04 Å². The number of hydrogen-bond donors (Lipinski definition) is 2. The number of anilines is 2. The molecule has 0 aliphatic carbocycles. The molecule has 0 fully saturated rings. The summed E-state index contributed by atoms with van der Waals surface area (Å²) < 4.78 is 0. The highest BCUT2D eigenvalue weighted by Gasteiger charge is 2.07. The minimum atomic E-state index is 0.453. The van der Waals surface area contributed by atoms with Crippen molar-refractivity contribution in [1.29, 1.82) is 0 Å². The Balaban J connectivity index is 1.94. The number of nitrogens with one attached hydrogen (secondary N) is 2. The van der Waals surface area contributed by atoms with Crippen LogP contribution in [0, 0.1) is 6.92 Å². The third-order valence-corrected chi connectivity index (χ3v) is 4.45. The maximum atomic E-state index is 6.14. The minimum Gasteiger partial charge on any atom is -0.331 e. The molecular formula is C16H22ClN3S. The van der Waals surface area contributed by atoms with Gasteiger partial charge in [0.25, 0.3) is 0 Å². The Morgan fingerprint density at radius 2 is 2.19 bits per heavy atom. The van der Waals surface area contributed by atoms with Crippen LogP contribution in [-0.2, 0) is 6.42 Å².